The molecule has 3 rings (SSSR count). The lowest BCUT2D eigenvalue weighted by atomic mass is 9.96. The lowest BCUT2D eigenvalue weighted by Crippen LogP contribution is -2.45. The molecule has 0 saturated heterocycles. The second kappa shape index (κ2) is 9.94. The van der Waals surface area contributed by atoms with E-state index in [2.05, 4.69) is 21.7 Å². The molecule has 1 atom stereocenters. The highest BCUT2D eigenvalue weighted by Crippen LogP contribution is 2.36. The zero-order valence-electron chi connectivity index (χ0n) is 15.9. The van der Waals surface area contributed by atoms with Gasteiger partial charge < -0.3 is 20.5 Å². The fraction of sp³-hybridized carbons (Fsp3) is 0.381. The first kappa shape index (κ1) is 21.5. The third-order valence-corrected chi connectivity index (χ3v) is 4.82. The van der Waals surface area contributed by atoms with E-state index in [0.717, 1.165) is 36.3 Å². The SMILES string of the molecule is CCNC(=NCc1ccccc1OC)NCC1(O)CCc2ccccc21.I. The van der Waals surface area contributed by atoms with Gasteiger partial charge in [-0.25, -0.2) is 4.99 Å². The Morgan fingerprint density at radius 3 is 2.67 bits per heavy atom. The number of rotatable bonds is 6. The smallest absolute Gasteiger partial charge is 0.191 e. The third-order valence-electron chi connectivity index (χ3n) is 4.82. The Bertz CT molecular complexity index is 782. The summed E-state index contributed by atoms with van der Waals surface area (Å²) in [5.41, 5.74) is 2.43. The van der Waals surface area contributed by atoms with Crippen molar-refractivity contribution in [1.29, 1.82) is 0 Å². The van der Waals surface area contributed by atoms with Gasteiger partial charge in [0.2, 0.25) is 0 Å². The first-order valence-electron chi connectivity index (χ1n) is 9.11. The molecule has 146 valence electrons. The molecule has 1 unspecified atom stereocenters. The van der Waals surface area contributed by atoms with Crippen molar-refractivity contribution in [2.75, 3.05) is 20.2 Å². The number of aryl methyl sites for hydroxylation is 1. The van der Waals surface area contributed by atoms with Crippen LogP contribution in [0, 0.1) is 0 Å². The van der Waals surface area contributed by atoms with Gasteiger partial charge >= 0.3 is 0 Å². The summed E-state index contributed by atoms with van der Waals surface area (Å²) in [6.45, 7) is 3.72. The molecule has 0 radical (unpaired) electrons. The second-order valence-electron chi connectivity index (χ2n) is 6.55. The monoisotopic (exact) mass is 481 g/mol. The van der Waals surface area contributed by atoms with Gasteiger partial charge in [-0.15, -0.1) is 24.0 Å². The zero-order valence-corrected chi connectivity index (χ0v) is 18.2. The highest BCUT2D eigenvalue weighted by atomic mass is 127. The summed E-state index contributed by atoms with van der Waals surface area (Å²) >= 11 is 0. The number of aliphatic hydroxyl groups is 1. The largest absolute Gasteiger partial charge is 0.496 e. The lowest BCUT2D eigenvalue weighted by molar-refractivity contribution is 0.0432. The quantitative estimate of drug-likeness (QED) is 0.337. The fourth-order valence-corrected chi connectivity index (χ4v) is 3.42. The minimum Gasteiger partial charge on any atom is -0.496 e. The standard InChI is InChI=1S/C21H27N3O2.HI/c1-3-22-20(23-14-17-9-5-7-11-19(17)26-2)24-15-21(25)13-12-16-8-4-6-10-18(16)21;/h4-11,25H,3,12-15H2,1-2H3,(H2,22,23,24);1H. The van der Waals surface area contributed by atoms with Gasteiger partial charge in [0.25, 0.3) is 0 Å². The summed E-state index contributed by atoms with van der Waals surface area (Å²) in [6, 6.07) is 16.0. The minimum absolute atomic E-state index is 0. The van der Waals surface area contributed by atoms with Crippen molar-refractivity contribution in [2.45, 2.75) is 31.9 Å². The number of methoxy groups -OCH3 is 1. The lowest BCUT2D eigenvalue weighted by Gasteiger charge is -2.25. The van der Waals surface area contributed by atoms with Crippen molar-refractivity contribution in [1.82, 2.24) is 10.6 Å². The maximum absolute atomic E-state index is 11.1. The van der Waals surface area contributed by atoms with E-state index in [1.165, 1.54) is 5.56 Å². The van der Waals surface area contributed by atoms with Crippen molar-refractivity contribution in [3.63, 3.8) is 0 Å². The molecule has 27 heavy (non-hydrogen) atoms. The Balaban J connectivity index is 0.00000261. The average molecular weight is 481 g/mol. The number of para-hydroxylation sites is 1. The number of nitrogens with one attached hydrogen (secondary N) is 2. The Morgan fingerprint density at radius 1 is 1.15 bits per heavy atom. The molecule has 2 aromatic rings. The van der Waals surface area contributed by atoms with Crippen LogP contribution in [-0.2, 0) is 18.6 Å². The van der Waals surface area contributed by atoms with Crippen LogP contribution in [0.5, 0.6) is 5.75 Å². The van der Waals surface area contributed by atoms with Crippen molar-refractivity contribution in [3.8, 4) is 5.75 Å². The van der Waals surface area contributed by atoms with Crippen LogP contribution in [-0.4, -0.2) is 31.3 Å². The van der Waals surface area contributed by atoms with Crippen LogP contribution in [0.2, 0.25) is 0 Å². The van der Waals surface area contributed by atoms with Gasteiger partial charge in [-0.05, 0) is 37.0 Å². The van der Waals surface area contributed by atoms with Crippen molar-refractivity contribution < 1.29 is 9.84 Å². The van der Waals surface area contributed by atoms with Crippen LogP contribution in [0.4, 0.5) is 0 Å². The highest BCUT2D eigenvalue weighted by molar-refractivity contribution is 14.0. The number of hydrogen-bond acceptors (Lipinski definition) is 3. The molecule has 0 spiro atoms. The van der Waals surface area contributed by atoms with Gasteiger partial charge in [0.05, 0.1) is 20.2 Å². The predicted octanol–water partition coefficient (Wildman–Crippen LogP) is 3.20. The number of guanidine groups is 1. The number of aliphatic imine (C=N–C) groups is 1. The van der Waals surface area contributed by atoms with Crippen LogP contribution >= 0.6 is 24.0 Å². The van der Waals surface area contributed by atoms with Gasteiger partial charge in [-0.1, -0.05) is 42.5 Å². The van der Waals surface area contributed by atoms with Crippen LogP contribution in [0.1, 0.15) is 30.0 Å². The van der Waals surface area contributed by atoms with Gasteiger partial charge in [-0.3, -0.25) is 0 Å². The number of halogens is 1. The van der Waals surface area contributed by atoms with Gasteiger partial charge in [0.1, 0.15) is 11.4 Å². The van der Waals surface area contributed by atoms with E-state index >= 15 is 0 Å². The number of ether oxygens (including phenoxy) is 1. The molecular formula is C21H28IN3O2. The third kappa shape index (κ3) is 5.13. The molecule has 0 heterocycles. The van der Waals surface area contributed by atoms with Crippen molar-refractivity contribution in [2.24, 2.45) is 4.99 Å². The topological polar surface area (TPSA) is 65.9 Å². The maximum atomic E-state index is 11.1. The molecular weight excluding hydrogens is 453 g/mol. The number of benzene rings is 2. The predicted molar refractivity (Wildman–Crippen MR) is 120 cm³/mol. The summed E-state index contributed by atoms with van der Waals surface area (Å²) in [7, 11) is 1.67. The summed E-state index contributed by atoms with van der Waals surface area (Å²) in [5.74, 6) is 1.52. The minimum atomic E-state index is -0.850. The van der Waals surface area contributed by atoms with E-state index in [-0.39, 0.29) is 24.0 Å². The van der Waals surface area contributed by atoms with Crippen molar-refractivity contribution in [3.05, 3.63) is 65.2 Å². The van der Waals surface area contributed by atoms with E-state index in [0.29, 0.717) is 19.0 Å². The molecule has 0 amide bonds. The van der Waals surface area contributed by atoms with Crippen LogP contribution in [0.15, 0.2) is 53.5 Å². The summed E-state index contributed by atoms with van der Waals surface area (Å²) in [4.78, 5) is 4.64. The molecule has 1 aliphatic carbocycles. The Kier molecular flexibility index (Phi) is 7.91. The van der Waals surface area contributed by atoms with Crippen molar-refractivity contribution >= 4 is 29.9 Å². The normalized spacial score (nSPS) is 18.4. The average Bonchev–Trinajstić information content (AvgIpc) is 3.02. The molecule has 0 saturated carbocycles. The Labute approximate surface area is 178 Å². The van der Waals surface area contributed by atoms with Crippen LogP contribution in [0.3, 0.4) is 0 Å². The van der Waals surface area contributed by atoms with Gasteiger partial charge in [-0.2, -0.15) is 0 Å². The number of fused-ring (bicyclic) bond motifs is 1. The molecule has 3 N–H and O–H groups in total. The summed E-state index contributed by atoms with van der Waals surface area (Å²) in [6.07, 6.45) is 1.63. The molecule has 1 aliphatic rings. The highest BCUT2D eigenvalue weighted by Gasteiger charge is 2.36. The summed E-state index contributed by atoms with van der Waals surface area (Å²) < 4.78 is 5.38. The first-order chi connectivity index (χ1) is 12.7. The Morgan fingerprint density at radius 2 is 1.89 bits per heavy atom. The van der Waals surface area contributed by atoms with Gasteiger partial charge in [0.15, 0.2) is 5.96 Å². The number of hydrogen-bond donors (Lipinski definition) is 3. The van der Waals surface area contributed by atoms with E-state index < -0.39 is 5.60 Å². The first-order valence-corrected chi connectivity index (χ1v) is 9.11. The molecule has 2 aromatic carbocycles. The van der Waals surface area contributed by atoms with Crippen LogP contribution in [0.25, 0.3) is 0 Å². The molecule has 6 heteroatoms. The second-order valence-corrected chi connectivity index (χ2v) is 6.55. The Hall–Kier alpha value is -1.80. The van der Waals surface area contributed by atoms with E-state index in [4.69, 9.17) is 4.74 Å². The van der Waals surface area contributed by atoms with E-state index in [1.807, 2.05) is 49.4 Å². The fourth-order valence-electron chi connectivity index (χ4n) is 3.42. The maximum Gasteiger partial charge on any atom is 0.191 e. The molecule has 0 fully saturated rings. The van der Waals surface area contributed by atoms with E-state index in [9.17, 15) is 5.11 Å². The summed E-state index contributed by atoms with van der Waals surface area (Å²) in [5, 5.41) is 17.6. The molecule has 0 bridgehead atoms. The molecule has 0 aromatic heterocycles. The van der Waals surface area contributed by atoms with Crippen LogP contribution < -0.4 is 15.4 Å². The van der Waals surface area contributed by atoms with Gasteiger partial charge in [0, 0.05) is 12.1 Å². The van der Waals surface area contributed by atoms with E-state index in [1.54, 1.807) is 7.11 Å². The molecule has 0 aliphatic heterocycles. The molecule has 5 nitrogen and oxygen atoms in total. The zero-order chi connectivity index (χ0) is 18.4. The number of nitrogens with zero attached hydrogens (tertiary/aromatic N) is 1.